The molecular weight excluding hydrogens is 373 g/mol. The first-order chi connectivity index (χ1) is 14.1. The molecule has 1 amide bonds. The fourth-order valence-corrected chi connectivity index (χ4v) is 3.60. The highest BCUT2D eigenvalue weighted by molar-refractivity contribution is 6.05. The molecule has 2 aromatic rings. The van der Waals surface area contributed by atoms with Gasteiger partial charge in [0.15, 0.2) is 11.6 Å². The number of esters is 1. The predicted octanol–water partition coefficient (Wildman–Crippen LogP) is 4.47. The van der Waals surface area contributed by atoms with Crippen molar-refractivity contribution in [1.29, 1.82) is 0 Å². The van der Waals surface area contributed by atoms with Crippen molar-refractivity contribution in [3.63, 3.8) is 0 Å². The van der Waals surface area contributed by atoms with E-state index in [0.717, 1.165) is 25.7 Å². The summed E-state index contributed by atoms with van der Waals surface area (Å²) < 4.78 is 24.1. The summed E-state index contributed by atoms with van der Waals surface area (Å²) in [5.74, 6) is -1.14. The van der Waals surface area contributed by atoms with E-state index in [9.17, 15) is 14.0 Å². The SMILES string of the molecule is CN(C(=O)c1ccccc1C(=O)OCCOc1ccccc1F)C1CCCCC1. The van der Waals surface area contributed by atoms with Crippen molar-refractivity contribution in [2.24, 2.45) is 0 Å². The fourth-order valence-electron chi connectivity index (χ4n) is 3.60. The van der Waals surface area contributed by atoms with Crippen LogP contribution >= 0.6 is 0 Å². The minimum atomic E-state index is -0.594. The Hall–Kier alpha value is -2.89. The number of carbonyl (C=O) groups is 2. The molecule has 0 unspecified atom stereocenters. The molecule has 154 valence electrons. The molecule has 1 fully saturated rings. The molecule has 0 N–H and O–H groups in total. The van der Waals surface area contributed by atoms with Crippen molar-refractivity contribution in [2.45, 2.75) is 38.1 Å². The third-order valence-corrected chi connectivity index (χ3v) is 5.23. The second-order valence-electron chi connectivity index (χ2n) is 7.17. The molecule has 0 spiro atoms. The fraction of sp³-hybridized carbons (Fsp3) is 0.391. The monoisotopic (exact) mass is 399 g/mol. The van der Waals surface area contributed by atoms with Gasteiger partial charge in [0.1, 0.15) is 13.2 Å². The van der Waals surface area contributed by atoms with Crippen LogP contribution in [0.3, 0.4) is 0 Å². The van der Waals surface area contributed by atoms with Gasteiger partial charge in [-0.25, -0.2) is 9.18 Å². The summed E-state index contributed by atoms with van der Waals surface area (Å²) in [6.07, 6.45) is 5.42. The lowest BCUT2D eigenvalue weighted by Crippen LogP contribution is -2.39. The first-order valence-electron chi connectivity index (χ1n) is 9.98. The lowest BCUT2D eigenvalue weighted by Gasteiger charge is -2.31. The lowest BCUT2D eigenvalue weighted by molar-refractivity contribution is 0.0441. The molecule has 0 heterocycles. The first-order valence-corrected chi connectivity index (χ1v) is 9.98. The number of benzene rings is 2. The van der Waals surface area contributed by atoms with Gasteiger partial charge in [0.2, 0.25) is 0 Å². The van der Waals surface area contributed by atoms with Crippen molar-refractivity contribution in [3.05, 3.63) is 65.5 Å². The number of nitrogens with zero attached hydrogens (tertiary/aromatic N) is 1. The van der Waals surface area contributed by atoms with E-state index >= 15 is 0 Å². The van der Waals surface area contributed by atoms with Gasteiger partial charge < -0.3 is 14.4 Å². The molecule has 1 saturated carbocycles. The maximum absolute atomic E-state index is 13.5. The van der Waals surface area contributed by atoms with Gasteiger partial charge in [-0.2, -0.15) is 0 Å². The zero-order valence-corrected chi connectivity index (χ0v) is 16.6. The molecule has 5 nitrogen and oxygen atoms in total. The van der Waals surface area contributed by atoms with E-state index in [1.165, 1.54) is 18.6 Å². The smallest absolute Gasteiger partial charge is 0.339 e. The minimum Gasteiger partial charge on any atom is -0.487 e. The summed E-state index contributed by atoms with van der Waals surface area (Å²) in [6.45, 7) is -0.0288. The number of halogens is 1. The normalized spacial score (nSPS) is 14.3. The van der Waals surface area contributed by atoms with Crippen molar-refractivity contribution < 1.29 is 23.5 Å². The first kappa shape index (κ1) is 20.8. The average molecular weight is 399 g/mol. The molecule has 0 radical (unpaired) electrons. The number of hydrogen-bond donors (Lipinski definition) is 0. The van der Waals surface area contributed by atoms with Crippen LogP contribution < -0.4 is 4.74 Å². The number of para-hydroxylation sites is 1. The van der Waals surface area contributed by atoms with E-state index in [-0.39, 0.29) is 36.5 Å². The molecule has 1 aliphatic rings. The summed E-state index contributed by atoms with van der Waals surface area (Å²) in [5, 5.41) is 0. The van der Waals surface area contributed by atoms with Crippen LogP contribution in [-0.4, -0.2) is 43.1 Å². The molecule has 0 aromatic heterocycles. The summed E-state index contributed by atoms with van der Waals surface area (Å²) >= 11 is 0. The van der Waals surface area contributed by atoms with Gasteiger partial charge in [0.05, 0.1) is 11.1 Å². The van der Waals surface area contributed by atoms with Crippen LogP contribution in [0.2, 0.25) is 0 Å². The average Bonchev–Trinajstić information content (AvgIpc) is 2.77. The van der Waals surface area contributed by atoms with Crippen molar-refractivity contribution in [1.82, 2.24) is 4.90 Å². The Balaban J connectivity index is 1.59. The summed E-state index contributed by atoms with van der Waals surface area (Å²) in [5.41, 5.74) is 0.562. The molecule has 3 rings (SSSR count). The quantitative estimate of drug-likeness (QED) is 0.509. The van der Waals surface area contributed by atoms with E-state index in [1.807, 2.05) is 0 Å². The van der Waals surface area contributed by atoms with Gasteiger partial charge in [-0.15, -0.1) is 0 Å². The number of ether oxygens (including phenoxy) is 2. The van der Waals surface area contributed by atoms with Gasteiger partial charge in [-0.05, 0) is 37.1 Å². The van der Waals surface area contributed by atoms with Crippen molar-refractivity contribution in [3.8, 4) is 5.75 Å². The molecule has 0 aliphatic heterocycles. The second kappa shape index (κ2) is 10.0. The molecule has 0 atom stereocenters. The van der Waals surface area contributed by atoms with E-state index in [2.05, 4.69) is 0 Å². The van der Waals surface area contributed by atoms with Crippen LogP contribution in [-0.2, 0) is 4.74 Å². The highest BCUT2D eigenvalue weighted by atomic mass is 19.1. The van der Waals surface area contributed by atoms with Crippen LogP contribution in [0.5, 0.6) is 5.75 Å². The van der Waals surface area contributed by atoms with E-state index in [4.69, 9.17) is 9.47 Å². The highest BCUT2D eigenvalue weighted by Gasteiger charge is 2.26. The molecule has 29 heavy (non-hydrogen) atoms. The number of hydrogen-bond acceptors (Lipinski definition) is 4. The number of amides is 1. The Bertz CT molecular complexity index is 848. The zero-order valence-electron chi connectivity index (χ0n) is 16.6. The lowest BCUT2D eigenvalue weighted by atomic mass is 9.94. The molecule has 1 aliphatic carbocycles. The Labute approximate surface area is 170 Å². The maximum atomic E-state index is 13.5. The van der Waals surface area contributed by atoms with E-state index in [1.54, 1.807) is 48.3 Å². The van der Waals surface area contributed by atoms with Crippen LogP contribution in [0.4, 0.5) is 4.39 Å². The minimum absolute atomic E-state index is 0.0186. The molecule has 2 aromatic carbocycles. The second-order valence-corrected chi connectivity index (χ2v) is 7.17. The van der Waals surface area contributed by atoms with Crippen LogP contribution in [0.15, 0.2) is 48.5 Å². The van der Waals surface area contributed by atoms with Crippen LogP contribution in [0, 0.1) is 5.82 Å². The third kappa shape index (κ3) is 5.34. The Morgan fingerprint density at radius 1 is 0.966 bits per heavy atom. The van der Waals surface area contributed by atoms with Crippen LogP contribution in [0.25, 0.3) is 0 Å². The van der Waals surface area contributed by atoms with Gasteiger partial charge in [0.25, 0.3) is 5.91 Å². The predicted molar refractivity (Wildman–Crippen MR) is 108 cm³/mol. The van der Waals surface area contributed by atoms with E-state index < -0.39 is 11.8 Å². The van der Waals surface area contributed by atoms with E-state index in [0.29, 0.717) is 5.56 Å². The topological polar surface area (TPSA) is 55.8 Å². The van der Waals surface area contributed by atoms with Crippen molar-refractivity contribution in [2.75, 3.05) is 20.3 Å². The number of carbonyl (C=O) groups excluding carboxylic acids is 2. The largest absolute Gasteiger partial charge is 0.487 e. The Morgan fingerprint density at radius 2 is 1.62 bits per heavy atom. The molecular formula is C23H26FNO4. The third-order valence-electron chi connectivity index (χ3n) is 5.23. The Kier molecular flexibility index (Phi) is 7.22. The van der Waals surface area contributed by atoms with Gasteiger partial charge in [-0.3, -0.25) is 4.79 Å². The van der Waals surface area contributed by atoms with Gasteiger partial charge >= 0.3 is 5.97 Å². The van der Waals surface area contributed by atoms with Crippen LogP contribution in [0.1, 0.15) is 52.8 Å². The highest BCUT2D eigenvalue weighted by Crippen LogP contribution is 2.24. The summed E-state index contributed by atoms with van der Waals surface area (Å²) in [7, 11) is 1.79. The summed E-state index contributed by atoms with van der Waals surface area (Å²) in [6, 6.07) is 12.9. The van der Waals surface area contributed by atoms with Gasteiger partial charge in [0, 0.05) is 13.1 Å². The number of rotatable bonds is 7. The summed E-state index contributed by atoms with van der Waals surface area (Å²) in [4.78, 5) is 27.2. The molecule has 0 bridgehead atoms. The van der Waals surface area contributed by atoms with Crippen molar-refractivity contribution >= 4 is 11.9 Å². The zero-order chi connectivity index (χ0) is 20.6. The van der Waals surface area contributed by atoms with Gasteiger partial charge in [-0.1, -0.05) is 43.5 Å². The maximum Gasteiger partial charge on any atom is 0.339 e. The standard InChI is InChI=1S/C23H26FNO4/c1-25(17-9-3-2-4-10-17)22(26)18-11-5-6-12-19(18)23(27)29-16-15-28-21-14-8-7-13-20(21)24/h5-8,11-14,17H,2-4,9-10,15-16H2,1H3. The molecule has 0 saturated heterocycles. The Morgan fingerprint density at radius 3 is 2.34 bits per heavy atom. The molecule has 6 heteroatoms.